The Morgan fingerprint density at radius 2 is 1.20 bits per heavy atom. The lowest BCUT2D eigenvalue weighted by Gasteiger charge is -2.33. The Morgan fingerprint density at radius 3 is 1.71 bits per heavy atom. The zero-order chi connectivity index (χ0) is 40.1. The van der Waals surface area contributed by atoms with Gasteiger partial charge < -0.3 is 31.3 Å². The lowest BCUT2D eigenvalue weighted by Crippen LogP contribution is -2.50. The second kappa shape index (κ2) is 20.2. The second-order valence-electron chi connectivity index (χ2n) is 13.5. The van der Waals surface area contributed by atoms with Crippen LogP contribution < -0.4 is 16.4 Å². The first-order valence-corrected chi connectivity index (χ1v) is 18.4. The molecule has 0 aromatic carbocycles. The Morgan fingerprint density at radius 1 is 0.691 bits per heavy atom. The van der Waals surface area contributed by atoms with Crippen molar-refractivity contribution in [1.82, 2.24) is 35.1 Å². The molecule has 19 heteroatoms. The number of carbonyl (C=O) groups excluding carboxylic acids is 10. The summed E-state index contributed by atoms with van der Waals surface area (Å²) in [6, 6.07) is -1.68. The molecule has 0 aliphatic carbocycles. The van der Waals surface area contributed by atoms with Crippen molar-refractivity contribution in [2.75, 3.05) is 45.8 Å². The highest BCUT2D eigenvalue weighted by Gasteiger charge is 2.38. The number of carbonyl (C=O) groups is 10. The fraction of sp³-hybridized carbons (Fsp3) is 0.556. The minimum absolute atomic E-state index is 0.00542. The average Bonchev–Trinajstić information content (AvgIpc) is 3.88. The number of nitrogens with one attached hydrogen (secondary N) is 2. The number of likely N-dealkylation sites (tertiary alicyclic amines) is 1. The molecule has 3 atom stereocenters. The molecule has 55 heavy (non-hydrogen) atoms. The molecular weight excluding hydrogens is 720 g/mol. The molecule has 4 aliphatic rings. The van der Waals surface area contributed by atoms with E-state index in [0.717, 1.165) is 43.9 Å². The Kier molecular flexibility index (Phi) is 15.5. The SMILES string of the molecule is NCCCC(=O)N(CCCNC(=O)CCC(CN1C(=O)C=CC1=O)N1C(=O)C=CC1=O)CCCNC(=O)CCC(CN1C(=O)CCC1=O)N1C(=O)C=CC1O. The summed E-state index contributed by atoms with van der Waals surface area (Å²) in [5, 5.41) is 15.8. The molecule has 4 rings (SSSR count). The van der Waals surface area contributed by atoms with E-state index in [0.29, 0.717) is 38.9 Å². The number of imide groups is 3. The first kappa shape index (κ1) is 42.2. The second-order valence-corrected chi connectivity index (χ2v) is 13.5. The third-order valence-electron chi connectivity index (χ3n) is 9.61. The van der Waals surface area contributed by atoms with Gasteiger partial charge in [-0.25, -0.2) is 0 Å². The molecule has 5 N–H and O–H groups in total. The summed E-state index contributed by atoms with van der Waals surface area (Å²) >= 11 is 0. The quantitative estimate of drug-likeness (QED) is 0.0626. The van der Waals surface area contributed by atoms with Gasteiger partial charge in [0.2, 0.25) is 35.4 Å². The van der Waals surface area contributed by atoms with Crippen LogP contribution in [-0.2, 0) is 47.9 Å². The summed E-state index contributed by atoms with van der Waals surface area (Å²) in [7, 11) is 0. The normalized spacial score (nSPS) is 19.1. The van der Waals surface area contributed by atoms with Crippen molar-refractivity contribution in [2.24, 2.45) is 5.73 Å². The highest BCUT2D eigenvalue weighted by molar-refractivity contribution is 6.14. The number of nitrogens with two attached hydrogens (primary N) is 1. The molecule has 3 unspecified atom stereocenters. The predicted molar refractivity (Wildman–Crippen MR) is 191 cm³/mol. The molecule has 19 nitrogen and oxygen atoms in total. The first-order valence-electron chi connectivity index (χ1n) is 18.4. The van der Waals surface area contributed by atoms with Crippen LogP contribution in [0.2, 0.25) is 0 Å². The van der Waals surface area contributed by atoms with Crippen LogP contribution in [0.1, 0.15) is 64.2 Å². The lowest BCUT2D eigenvalue weighted by atomic mass is 10.1. The van der Waals surface area contributed by atoms with Crippen molar-refractivity contribution >= 4 is 59.1 Å². The summed E-state index contributed by atoms with van der Waals surface area (Å²) in [5.74, 6) is -4.48. The molecule has 298 valence electrons. The third-order valence-corrected chi connectivity index (χ3v) is 9.61. The summed E-state index contributed by atoms with van der Waals surface area (Å²) in [6.07, 6.45) is 7.17. The van der Waals surface area contributed by atoms with Gasteiger partial charge in [-0.2, -0.15) is 0 Å². The van der Waals surface area contributed by atoms with Crippen molar-refractivity contribution in [3.05, 3.63) is 36.5 Å². The van der Waals surface area contributed by atoms with E-state index >= 15 is 0 Å². The maximum atomic E-state index is 12.9. The number of aliphatic hydroxyl groups excluding tert-OH is 1. The monoisotopic (exact) mass is 768 g/mol. The third kappa shape index (κ3) is 11.7. The van der Waals surface area contributed by atoms with Gasteiger partial charge in [-0.05, 0) is 44.7 Å². The fourth-order valence-corrected chi connectivity index (χ4v) is 6.66. The van der Waals surface area contributed by atoms with Gasteiger partial charge in [0.25, 0.3) is 23.6 Å². The van der Waals surface area contributed by atoms with Crippen molar-refractivity contribution in [3.63, 3.8) is 0 Å². The van der Waals surface area contributed by atoms with E-state index in [1.807, 2.05) is 0 Å². The van der Waals surface area contributed by atoms with Crippen LogP contribution in [0, 0.1) is 0 Å². The number of aliphatic hydroxyl groups is 1. The van der Waals surface area contributed by atoms with Crippen molar-refractivity contribution in [2.45, 2.75) is 82.5 Å². The standard InChI is InChI=1S/C36H48N8O11/c37-17-1-4-28(47)40(20-2-18-38-26(45)7-5-24(43-33(52)13-14-34(43)53)22-41-29(48)9-10-30(41)49)21-3-19-39-27(46)8-6-25(44-35(54)15-16-36(44)55)23-42-31(50)11-12-32(42)51/h9-10,13-16,24-25,35,54H,1-8,11-12,17-23,37H2,(H,38,45)(H,39,46). The number of amides is 10. The Balaban J connectivity index is 1.20. The fourth-order valence-electron chi connectivity index (χ4n) is 6.66. The minimum Gasteiger partial charge on any atom is -0.370 e. The summed E-state index contributed by atoms with van der Waals surface area (Å²) < 4.78 is 0. The van der Waals surface area contributed by atoms with Crippen LogP contribution >= 0.6 is 0 Å². The predicted octanol–water partition coefficient (Wildman–Crippen LogP) is -2.42. The summed E-state index contributed by atoms with van der Waals surface area (Å²) in [6.45, 7) is 0.973. The molecular formula is C36H48N8O11. The van der Waals surface area contributed by atoms with Gasteiger partial charge in [-0.15, -0.1) is 0 Å². The molecule has 0 bridgehead atoms. The van der Waals surface area contributed by atoms with Crippen LogP contribution in [-0.4, -0.2) is 153 Å². The van der Waals surface area contributed by atoms with E-state index in [-0.39, 0.29) is 94.8 Å². The number of nitrogens with zero attached hydrogens (tertiary/aromatic N) is 5. The van der Waals surface area contributed by atoms with Crippen LogP contribution in [0.5, 0.6) is 0 Å². The van der Waals surface area contributed by atoms with E-state index in [1.54, 1.807) is 4.90 Å². The van der Waals surface area contributed by atoms with Gasteiger partial charge in [0, 0.05) is 95.2 Å². The van der Waals surface area contributed by atoms with Gasteiger partial charge in [0.05, 0.1) is 18.6 Å². The Hall–Kier alpha value is -5.56. The van der Waals surface area contributed by atoms with Gasteiger partial charge in [-0.1, -0.05) is 0 Å². The maximum absolute atomic E-state index is 12.9. The van der Waals surface area contributed by atoms with E-state index in [2.05, 4.69) is 10.6 Å². The molecule has 1 fully saturated rings. The van der Waals surface area contributed by atoms with Crippen LogP contribution in [0.4, 0.5) is 0 Å². The van der Waals surface area contributed by atoms with E-state index in [9.17, 15) is 53.1 Å². The highest BCUT2D eigenvalue weighted by atomic mass is 16.3. The Bertz CT molecular complexity index is 1590. The molecule has 4 aliphatic heterocycles. The summed E-state index contributed by atoms with van der Waals surface area (Å²) in [5.41, 5.74) is 5.59. The summed E-state index contributed by atoms with van der Waals surface area (Å²) in [4.78, 5) is 130. The molecule has 4 heterocycles. The van der Waals surface area contributed by atoms with Crippen molar-refractivity contribution < 1.29 is 53.1 Å². The van der Waals surface area contributed by atoms with Crippen molar-refractivity contribution in [3.8, 4) is 0 Å². The molecule has 10 amide bonds. The number of rotatable bonds is 23. The van der Waals surface area contributed by atoms with Crippen LogP contribution in [0.25, 0.3) is 0 Å². The lowest BCUT2D eigenvalue weighted by molar-refractivity contribution is -0.145. The first-order chi connectivity index (χ1) is 26.3. The topological polar surface area (TPSA) is 257 Å². The molecule has 0 spiro atoms. The molecule has 0 aromatic heterocycles. The van der Waals surface area contributed by atoms with E-state index in [4.69, 9.17) is 5.73 Å². The molecule has 0 radical (unpaired) electrons. The van der Waals surface area contributed by atoms with Crippen molar-refractivity contribution in [1.29, 1.82) is 0 Å². The van der Waals surface area contributed by atoms with Gasteiger partial charge in [0.1, 0.15) is 6.23 Å². The van der Waals surface area contributed by atoms with Gasteiger partial charge in [0.15, 0.2) is 0 Å². The van der Waals surface area contributed by atoms with Crippen LogP contribution in [0.15, 0.2) is 36.5 Å². The largest absolute Gasteiger partial charge is 0.370 e. The molecule has 0 aromatic rings. The smallest absolute Gasteiger partial charge is 0.253 e. The molecule has 0 saturated carbocycles. The zero-order valence-electron chi connectivity index (χ0n) is 30.6. The number of hydrogen-bond acceptors (Lipinski definition) is 12. The van der Waals surface area contributed by atoms with Crippen LogP contribution in [0.3, 0.4) is 0 Å². The number of hydrogen-bond donors (Lipinski definition) is 4. The van der Waals surface area contributed by atoms with Gasteiger partial charge in [-0.3, -0.25) is 62.6 Å². The molecule has 1 saturated heterocycles. The Labute approximate surface area is 317 Å². The van der Waals surface area contributed by atoms with E-state index in [1.165, 1.54) is 12.2 Å². The van der Waals surface area contributed by atoms with E-state index < -0.39 is 53.8 Å². The zero-order valence-corrected chi connectivity index (χ0v) is 30.6. The maximum Gasteiger partial charge on any atom is 0.253 e. The average molecular weight is 769 g/mol. The highest BCUT2D eigenvalue weighted by Crippen LogP contribution is 2.22. The van der Waals surface area contributed by atoms with Gasteiger partial charge >= 0.3 is 0 Å². The minimum atomic E-state index is -1.24.